The SMILES string of the molecule is COc1cnc(O[C@@H]2C[C@H]3C(=O)N[C@]4(C(=O)NS(=O)(=O)C5(CF)CC5)C[C@H]4/C=C\CC[C@@H](C)C[C@@H](C)[C@H](NC(=O)OC(C)(C)C)C(=O)N3C2)c2cc(F)ccc12. The summed E-state index contributed by atoms with van der Waals surface area (Å²) in [6.07, 6.45) is 5.30. The van der Waals surface area contributed by atoms with Crippen molar-refractivity contribution in [2.75, 3.05) is 20.3 Å². The maximum atomic E-state index is 14.7. The number of fused-ring (bicyclic) bond motifs is 3. The van der Waals surface area contributed by atoms with Gasteiger partial charge in [0.2, 0.25) is 27.7 Å². The number of hydrogen-bond donors (Lipinski definition) is 3. The van der Waals surface area contributed by atoms with Crippen LogP contribution in [-0.4, -0.2) is 96.5 Å². The molecular weight excluding hydrogens is 753 g/mol. The molecule has 0 spiro atoms. The number of sulfonamides is 1. The lowest BCUT2D eigenvalue weighted by molar-refractivity contribution is -0.142. The van der Waals surface area contributed by atoms with Crippen molar-refractivity contribution in [3.05, 3.63) is 42.4 Å². The molecule has 56 heavy (non-hydrogen) atoms. The third-order valence-electron chi connectivity index (χ3n) is 11.2. The molecule has 2 aromatic rings. The summed E-state index contributed by atoms with van der Waals surface area (Å²) >= 11 is 0. The van der Waals surface area contributed by atoms with Crippen LogP contribution in [0.2, 0.25) is 0 Å². The van der Waals surface area contributed by atoms with Crippen molar-refractivity contribution in [1.29, 1.82) is 0 Å². The van der Waals surface area contributed by atoms with Crippen molar-refractivity contribution >= 4 is 44.6 Å². The summed E-state index contributed by atoms with van der Waals surface area (Å²) in [7, 11) is -2.96. The fourth-order valence-corrected chi connectivity index (χ4v) is 9.19. The molecular formula is C39H51F2N5O9S. The minimum atomic E-state index is -4.41. The van der Waals surface area contributed by atoms with Gasteiger partial charge in [0, 0.05) is 17.7 Å². The van der Waals surface area contributed by atoms with Crippen molar-refractivity contribution in [1.82, 2.24) is 25.2 Å². The fourth-order valence-electron chi connectivity index (χ4n) is 7.76. The monoisotopic (exact) mass is 803 g/mol. The first-order valence-electron chi connectivity index (χ1n) is 19.0. The van der Waals surface area contributed by atoms with Gasteiger partial charge < -0.3 is 29.7 Å². The van der Waals surface area contributed by atoms with E-state index >= 15 is 0 Å². The Morgan fingerprint density at radius 3 is 2.52 bits per heavy atom. The zero-order valence-corrected chi connectivity index (χ0v) is 33.3. The Morgan fingerprint density at radius 2 is 1.86 bits per heavy atom. The van der Waals surface area contributed by atoms with Crippen LogP contribution in [0.25, 0.3) is 10.8 Å². The van der Waals surface area contributed by atoms with Gasteiger partial charge in [0.05, 0.1) is 25.2 Å². The molecule has 4 aliphatic rings. The van der Waals surface area contributed by atoms with Gasteiger partial charge in [0.1, 0.15) is 52.3 Å². The molecule has 14 nitrogen and oxygen atoms in total. The summed E-state index contributed by atoms with van der Waals surface area (Å²) in [5.74, 6) is -3.41. The van der Waals surface area contributed by atoms with Crippen LogP contribution in [0.4, 0.5) is 13.6 Å². The highest BCUT2D eigenvalue weighted by Crippen LogP contribution is 2.48. The van der Waals surface area contributed by atoms with Gasteiger partial charge in [-0.1, -0.05) is 26.0 Å². The number of carbonyl (C=O) groups is 4. The molecule has 306 valence electrons. The number of alkyl carbamates (subject to hydrolysis) is 1. The van der Waals surface area contributed by atoms with E-state index in [1.54, 1.807) is 26.8 Å². The number of amides is 4. The Morgan fingerprint density at radius 1 is 1.12 bits per heavy atom. The number of allylic oxidation sites excluding steroid dienone is 1. The van der Waals surface area contributed by atoms with Crippen molar-refractivity contribution in [2.24, 2.45) is 17.8 Å². The highest BCUT2D eigenvalue weighted by Gasteiger charge is 2.64. The van der Waals surface area contributed by atoms with Crippen LogP contribution in [0.3, 0.4) is 0 Å². The number of nitrogens with zero attached hydrogens (tertiary/aromatic N) is 2. The van der Waals surface area contributed by atoms with E-state index in [2.05, 4.69) is 20.3 Å². The van der Waals surface area contributed by atoms with Crippen molar-refractivity contribution in [3.63, 3.8) is 0 Å². The van der Waals surface area contributed by atoms with Crippen molar-refractivity contribution < 1.29 is 50.6 Å². The maximum Gasteiger partial charge on any atom is 0.408 e. The zero-order valence-electron chi connectivity index (χ0n) is 32.5. The topological polar surface area (TPSA) is 182 Å². The number of hydrogen-bond acceptors (Lipinski definition) is 10. The predicted molar refractivity (Wildman–Crippen MR) is 201 cm³/mol. The Hall–Kier alpha value is -4.54. The lowest BCUT2D eigenvalue weighted by atomic mass is 9.88. The largest absolute Gasteiger partial charge is 0.494 e. The first-order valence-corrected chi connectivity index (χ1v) is 20.5. The molecule has 1 aromatic carbocycles. The molecule has 17 heteroatoms. The van der Waals surface area contributed by atoms with Gasteiger partial charge in [0.15, 0.2) is 0 Å². The van der Waals surface area contributed by atoms with Gasteiger partial charge in [-0.3, -0.25) is 19.1 Å². The van der Waals surface area contributed by atoms with Gasteiger partial charge >= 0.3 is 6.09 Å². The molecule has 6 rings (SSSR count). The van der Waals surface area contributed by atoms with E-state index < -0.39 is 92.2 Å². The second kappa shape index (κ2) is 15.4. The molecule has 2 aliphatic heterocycles. The van der Waals surface area contributed by atoms with Crippen LogP contribution in [-0.2, 0) is 29.1 Å². The molecule has 2 aliphatic carbocycles. The number of rotatable bonds is 8. The van der Waals surface area contributed by atoms with Crippen molar-refractivity contribution in [3.8, 4) is 11.6 Å². The van der Waals surface area contributed by atoms with Gasteiger partial charge in [-0.15, -0.1) is 0 Å². The number of benzene rings is 1. The summed E-state index contributed by atoms with van der Waals surface area (Å²) in [4.78, 5) is 61.9. The van der Waals surface area contributed by atoms with E-state index in [0.29, 0.717) is 35.8 Å². The van der Waals surface area contributed by atoms with Gasteiger partial charge in [-0.25, -0.2) is 27.0 Å². The molecule has 0 radical (unpaired) electrons. The number of aromatic nitrogens is 1. The van der Waals surface area contributed by atoms with Crippen LogP contribution < -0.4 is 24.8 Å². The number of nitrogens with one attached hydrogen (secondary N) is 3. The van der Waals surface area contributed by atoms with E-state index in [4.69, 9.17) is 14.2 Å². The molecule has 2 saturated carbocycles. The van der Waals surface area contributed by atoms with Crippen LogP contribution in [0.1, 0.15) is 79.6 Å². The molecule has 4 amide bonds. The average molecular weight is 804 g/mol. The van der Waals surface area contributed by atoms with Gasteiger partial charge in [0.25, 0.3) is 5.91 Å². The van der Waals surface area contributed by atoms with E-state index in [-0.39, 0.29) is 44.0 Å². The Bertz CT molecular complexity index is 2020. The minimum absolute atomic E-state index is 0.0295. The summed E-state index contributed by atoms with van der Waals surface area (Å²) < 4.78 is 72.3. The third kappa shape index (κ3) is 8.42. The quantitative estimate of drug-likeness (QED) is 0.323. The molecule has 3 N–H and O–H groups in total. The van der Waals surface area contributed by atoms with Crippen molar-refractivity contribution in [2.45, 2.75) is 114 Å². The molecule has 0 bridgehead atoms. The van der Waals surface area contributed by atoms with Crippen LogP contribution in [0, 0.1) is 23.6 Å². The summed E-state index contributed by atoms with van der Waals surface area (Å²) in [5, 5.41) is 6.34. The number of alkyl halides is 1. The minimum Gasteiger partial charge on any atom is -0.494 e. The predicted octanol–water partition coefficient (Wildman–Crippen LogP) is 4.46. The first kappa shape index (κ1) is 41.1. The number of pyridine rings is 1. The lowest BCUT2D eigenvalue weighted by Gasteiger charge is -2.33. The molecule has 3 heterocycles. The Kier molecular flexibility index (Phi) is 11.3. The second-order valence-corrected chi connectivity index (χ2v) is 18.9. The highest BCUT2D eigenvalue weighted by molar-refractivity contribution is 7.91. The number of carbonyl (C=O) groups excluding carboxylic acids is 4. The molecule has 0 unspecified atom stereocenters. The van der Waals surface area contributed by atoms with E-state index in [9.17, 15) is 36.4 Å². The van der Waals surface area contributed by atoms with Crippen LogP contribution in [0.15, 0.2) is 36.5 Å². The van der Waals surface area contributed by atoms with Gasteiger partial charge in [-0.05, 0) is 89.3 Å². The summed E-state index contributed by atoms with van der Waals surface area (Å²) in [5.41, 5.74) is -2.57. The van der Waals surface area contributed by atoms with E-state index in [1.807, 2.05) is 19.9 Å². The van der Waals surface area contributed by atoms with Crippen LogP contribution in [0.5, 0.6) is 11.6 Å². The lowest BCUT2D eigenvalue weighted by Crippen LogP contribution is -2.59. The number of halogens is 2. The van der Waals surface area contributed by atoms with Crippen LogP contribution >= 0.6 is 0 Å². The second-order valence-electron chi connectivity index (χ2n) is 16.8. The maximum absolute atomic E-state index is 14.7. The average Bonchev–Trinajstić information content (AvgIpc) is 4.02. The zero-order chi connectivity index (χ0) is 40.8. The van der Waals surface area contributed by atoms with E-state index in [0.717, 1.165) is 0 Å². The Labute approximate surface area is 325 Å². The van der Waals surface area contributed by atoms with E-state index in [1.165, 1.54) is 36.4 Å². The number of methoxy groups -OCH3 is 1. The summed E-state index contributed by atoms with van der Waals surface area (Å²) in [6, 6.07) is 1.62. The molecule has 3 fully saturated rings. The molecule has 1 saturated heterocycles. The molecule has 7 atom stereocenters. The van der Waals surface area contributed by atoms with Gasteiger partial charge in [-0.2, -0.15) is 0 Å². The number of ether oxygens (including phenoxy) is 3. The standard InChI is InChI=1S/C39H51F2N5O9S/c1-22-9-7-8-10-24-18-39(24,35(49)45-56(51,52)38(21-40)13-14-38)44-32(47)29-17-26(54-33-28-16-25(41)11-12-27(28)30(53-6)19-42-33)20-46(29)34(48)31(23(2)15-22)43-36(50)55-37(3,4)5/h8,10-12,16,19,22-24,26,29,31H,7,9,13-15,17-18,20-21H2,1-6H3,(H,43,50)(H,44,47)(H,45,49)/b10-8-/t22-,23-,24-,26-,29+,31+,39-/m1/s1. The smallest absolute Gasteiger partial charge is 0.408 e. The summed E-state index contributed by atoms with van der Waals surface area (Å²) in [6.45, 7) is 7.63. The normalized spacial score (nSPS) is 29.8. The highest BCUT2D eigenvalue weighted by atomic mass is 32.2. The first-order chi connectivity index (χ1) is 26.3. The third-order valence-corrected chi connectivity index (χ3v) is 13.3. The Balaban J connectivity index is 1.36. The molecule has 1 aromatic heterocycles. The fraction of sp³-hybridized carbons (Fsp3) is 0.615.